The van der Waals surface area contributed by atoms with Gasteiger partial charge in [-0.2, -0.15) is 0 Å². The van der Waals surface area contributed by atoms with Crippen LogP contribution in [0.3, 0.4) is 0 Å². The van der Waals surface area contributed by atoms with Gasteiger partial charge in [0.2, 0.25) is 11.8 Å². The molecule has 2 bridgehead atoms. The number of benzene rings is 2. The molecule has 2 fully saturated rings. The highest BCUT2D eigenvalue weighted by atomic mass is 127. The van der Waals surface area contributed by atoms with E-state index in [1.807, 2.05) is 40.8 Å². The molecule has 12 heteroatoms. The Balaban J connectivity index is 1.49. The lowest BCUT2D eigenvalue weighted by atomic mass is 9.84. The molecule has 3 aliphatic carbocycles. The maximum atomic E-state index is 14.4. The lowest BCUT2D eigenvalue weighted by molar-refractivity contribution is -0.140. The van der Waals surface area contributed by atoms with E-state index >= 15 is 0 Å². The molecule has 2 aromatic rings. The summed E-state index contributed by atoms with van der Waals surface area (Å²) in [5.41, 5.74) is 1.58. The zero-order valence-corrected chi connectivity index (χ0v) is 29.8. The number of carbonyl (C=O) groups is 3. The van der Waals surface area contributed by atoms with Gasteiger partial charge in [0.25, 0.3) is 0 Å². The van der Waals surface area contributed by atoms with Crippen LogP contribution >= 0.6 is 22.6 Å². The van der Waals surface area contributed by atoms with Gasteiger partial charge in [-0.25, -0.2) is 0 Å². The molecule has 2 amide bonds. The van der Waals surface area contributed by atoms with Crippen molar-refractivity contribution in [2.45, 2.75) is 63.2 Å². The molecule has 0 radical (unpaired) electrons. The van der Waals surface area contributed by atoms with Crippen molar-refractivity contribution in [3.05, 3.63) is 56.7 Å². The van der Waals surface area contributed by atoms with Crippen molar-refractivity contribution >= 4 is 40.7 Å². The van der Waals surface area contributed by atoms with E-state index in [-0.39, 0.29) is 32.0 Å². The minimum Gasteiger partial charge on any atom is -0.497 e. The molecule has 260 valence electrons. The molecule has 0 saturated heterocycles. The third-order valence-electron chi connectivity index (χ3n) is 10.0. The maximum Gasteiger partial charge on any atom is 0.247 e. The summed E-state index contributed by atoms with van der Waals surface area (Å²) in [5.74, 6) is 2.94. The van der Waals surface area contributed by atoms with E-state index in [0.29, 0.717) is 74.6 Å². The highest BCUT2D eigenvalue weighted by Crippen LogP contribution is 2.50. The van der Waals surface area contributed by atoms with Gasteiger partial charge in [-0.15, -0.1) is 0 Å². The van der Waals surface area contributed by atoms with Crippen LogP contribution in [0, 0.1) is 21.3 Å². The molecule has 3 N–H and O–H groups in total. The average molecular weight is 777 g/mol. The number of methoxy groups -OCH3 is 3. The van der Waals surface area contributed by atoms with Gasteiger partial charge in [0.15, 0.2) is 11.5 Å². The summed E-state index contributed by atoms with van der Waals surface area (Å²) < 4.78 is 23.6. The first-order valence-electron chi connectivity index (χ1n) is 16.5. The molecule has 6 atom stereocenters. The van der Waals surface area contributed by atoms with Crippen LogP contribution in [0.4, 0.5) is 0 Å². The number of nitrogens with one attached hydrogen (secondary N) is 1. The van der Waals surface area contributed by atoms with Gasteiger partial charge in [0.1, 0.15) is 30.0 Å². The summed E-state index contributed by atoms with van der Waals surface area (Å²) in [6.45, 7) is 0.0777. The predicted octanol–water partition coefficient (Wildman–Crippen LogP) is 3.94. The molecular formula is C36H45IN2O9. The van der Waals surface area contributed by atoms with Gasteiger partial charge in [0.05, 0.1) is 37.5 Å². The minimum absolute atomic E-state index is 0.0519. The van der Waals surface area contributed by atoms with Gasteiger partial charge in [-0.05, 0) is 108 Å². The van der Waals surface area contributed by atoms with Crippen LogP contribution in [-0.4, -0.2) is 92.5 Å². The SMILES string of the molecule is COc1ccc(OC)c(CCN(C(=O)CC2CC3CCC2C3)C2CC(C(=O)NCCO)=CC(Oc3c(I)cc(C=O)cc3OC)C2O)c1. The van der Waals surface area contributed by atoms with Crippen LogP contribution in [0.5, 0.6) is 23.0 Å². The number of aldehydes is 1. The molecule has 0 heterocycles. The highest BCUT2D eigenvalue weighted by molar-refractivity contribution is 14.1. The van der Waals surface area contributed by atoms with Gasteiger partial charge in [0, 0.05) is 37.1 Å². The van der Waals surface area contributed by atoms with Crippen molar-refractivity contribution in [2.24, 2.45) is 17.8 Å². The molecule has 3 aliphatic rings. The van der Waals surface area contributed by atoms with Crippen LogP contribution in [0.15, 0.2) is 42.0 Å². The van der Waals surface area contributed by atoms with E-state index in [9.17, 15) is 24.6 Å². The normalized spacial score (nSPS) is 24.4. The van der Waals surface area contributed by atoms with Crippen LogP contribution in [0.1, 0.15) is 54.4 Å². The Morgan fingerprint density at radius 1 is 1.06 bits per heavy atom. The fraction of sp³-hybridized carbons (Fsp3) is 0.528. The summed E-state index contributed by atoms with van der Waals surface area (Å²) in [6, 6.07) is 7.91. The van der Waals surface area contributed by atoms with Crippen LogP contribution < -0.4 is 24.3 Å². The second kappa shape index (κ2) is 16.4. The Kier molecular flexibility index (Phi) is 12.2. The number of hydrogen-bond acceptors (Lipinski definition) is 9. The molecular weight excluding hydrogens is 731 g/mol. The molecule has 6 unspecified atom stereocenters. The maximum absolute atomic E-state index is 14.4. The van der Waals surface area contributed by atoms with Gasteiger partial charge < -0.3 is 39.4 Å². The Morgan fingerprint density at radius 2 is 1.85 bits per heavy atom. The Labute approximate surface area is 295 Å². The van der Waals surface area contributed by atoms with Crippen molar-refractivity contribution in [1.29, 1.82) is 0 Å². The highest BCUT2D eigenvalue weighted by Gasteiger charge is 2.44. The summed E-state index contributed by atoms with van der Waals surface area (Å²) in [4.78, 5) is 40.9. The number of nitrogens with zero attached hydrogens (tertiary/aromatic N) is 1. The summed E-state index contributed by atoms with van der Waals surface area (Å²) >= 11 is 2.04. The number of aliphatic hydroxyl groups excluding tert-OH is 2. The number of halogens is 1. The fourth-order valence-electron chi connectivity index (χ4n) is 7.60. The number of fused-ring (bicyclic) bond motifs is 2. The average Bonchev–Trinajstić information content (AvgIpc) is 3.72. The molecule has 11 nitrogen and oxygen atoms in total. The Bertz CT molecular complexity index is 1510. The largest absolute Gasteiger partial charge is 0.497 e. The predicted molar refractivity (Wildman–Crippen MR) is 187 cm³/mol. The zero-order chi connectivity index (χ0) is 34.4. The van der Waals surface area contributed by atoms with Crippen molar-refractivity contribution < 1.29 is 43.5 Å². The first-order valence-corrected chi connectivity index (χ1v) is 17.5. The number of aliphatic hydroxyl groups is 2. The van der Waals surface area contributed by atoms with Crippen LogP contribution in [-0.2, 0) is 16.0 Å². The van der Waals surface area contributed by atoms with Gasteiger partial charge in [-0.1, -0.05) is 6.42 Å². The zero-order valence-electron chi connectivity index (χ0n) is 27.7. The molecule has 2 saturated carbocycles. The molecule has 48 heavy (non-hydrogen) atoms. The summed E-state index contributed by atoms with van der Waals surface area (Å²) in [5, 5.41) is 24.1. The van der Waals surface area contributed by atoms with E-state index in [4.69, 9.17) is 18.9 Å². The number of ether oxygens (including phenoxy) is 4. The van der Waals surface area contributed by atoms with Crippen molar-refractivity contribution in [3.63, 3.8) is 0 Å². The van der Waals surface area contributed by atoms with Crippen molar-refractivity contribution in [3.8, 4) is 23.0 Å². The Hall–Kier alpha value is -3.36. The quantitative estimate of drug-likeness (QED) is 0.181. The first-order chi connectivity index (χ1) is 23.2. The number of hydrogen-bond donors (Lipinski definition) is 3. The lowest BCUT2D eigenvalue weighted by Crippen LogP contribution is -2.55. The number of rotatable bonds is 15. The number of carbonyl (C=O) groups excluding carboxylic acids is 3. The van der Waals surface area contributed by atoms with E-state index in [2.05, 4.69) is 5.32 Å². The third kappa shape index (κ3) is 8.08. The monoisotopic (exact) mass is 776 g/mol. The Morgan fingerprint density at radius 3 is 2.50 bits per heavy atom. The summed E-state index contributed by atoms with van der Waals surface area (Å²) in [6.07, 6.45) is 5.50. The minimum atomic E-state index is -1.21. The van der Waals surface area contributed by atoms with Crippen molar-refractivity contribution in [2.75, 3.05) is 41.0 Å². The third-order valence-corrected chi connectivity index (χ3v) is 10.8. The van der Waals surface area contributed by atoms with Crippen LogP contribution in [0.2, 0.25) is 0 Å². The lowest BCUT2D eigenvalue weighted by Gasteiger charge is -2.41. The topological polar surface area (TPSA) is 144 Å². The number of amides is 2. The summed E-state index contributed by atoms with van der Waals surface area (Å²) in [7, 11) is 4.64. The molecule has 0 aromatic heterocycles. The first kappa shape index (κ1) is 35.9. The van der Waals surface area contributed by atoms with E-state index < -0.39 is 24.2 Å². The molecule has 2 aromatic carbocycles. The van der Waals surface area contributed by atoms with Gasteiger partial charge in [-0.3, -0.25) is 14.4 Å². The fourth-order valence-corrected chi connectivity index (χ4v) is 8.35. The molecule has 0 aliphatic heterocycles. The molecule has 0 spiro atoms. The van der Waals surface area contributed by atoms with Gasteiger partial charge >= 0.3 is 0 Å². The van der Waals surface area contributed by atoms with E-state index in [1.54, 1.807) is 37.3 Å². The second-order valence-electron chi connectivity index (χ2n) is 12.8. The molecule has 5 rings (SSSR count). The van der Waals surface area contributed by atoms with E-state index in [0.717, 1.165) is 18.4 Å². The second-order valence-corrected chi connectivity index (χ2v) is 14.0. The standard InChI is InChI=1S/C36H45IN2O9/c1-45-27-6-7-30(46-2)24(16-27)8-10-39(33(42)19-25-13-21-4-5-23(25)12-21)29-17-26(36(44)38-9-11-40)18-31(34(29)43)48-35-28(37)14-22(20-41)15-32(35)47-3/h6-7,14-16,18,20-21,23,25,29,31,34,40,43H,4-5,8-13,17,19H2,1-3H3,(H,38,44). The van der Waals surface area contributed by atoms with Crippen LogP contribution in [0.25, 0.3) is 0 Å². The van der Waals surface area contributed by atoms with E-state index in [1.165, 1.54) is 20.0 Å². The van der Waals surface area contributed by atoms with Crippen molar-refractivity contribution in [1.82, 2.24) is 10.2 Å². The smallest absolute Gasteiger partial charge is 0.247 e.